The summed E-state index contributed by atoms with van der Waals surface area (Å²) in [6.07, 6.45) is 0.588. The molecule has 1 aromatic heterocycles. The summed E-state index contributed by atoms with van der Waals surface area (Å²) in [6.45, 7) is 5.17. The summed E-state index contributed by atoms with van der Waals surface area (Å²) in [5, 5.41) is 11.8. The number of benzene rings is 1. The molecule has 24 heavy (non-hydrogen) atoms. The lowest BCUT2D eigenvalue weighted by atomic mass is 9.99. The molecule has 0 saturated carbocycles. The summed E-state index contributed by atoms with van der Waals surface area (Å²) >= 11 is 0. The predicted molar refractivity (Wildman–Crippen MR) is 89.3 cm³/mol. The van der Waals surface area contributed by atoms with Gasteiger partial charge in [0.1, 0.15) is 17.4 Å². The Morgan fingerprint density at radius 2 is 2.04 bits per heavy atom. The van der Waals surface area contributed by atoms with E-state index in [1.54, 1.807) is 20.8 Å². The van der Waals surface area contributed by atoms with Gasteiger partial charge in [-0.15, -0.1) is 0 Å². The minimum atomic E-state index is -0.414. The van der Waals surface area contributed by atoms with Gasteiger partial charge in [0.25, 0.3) is 5.56 Å². The molecule has 0 aliphatic heterocycles. The highest BCUT2D eigenvalue weighted by Crippen LogP contribution is 2.18. The van der Waals surface area contributed by atoms with Crippen molar-refractivity contribution in [3.8, 4) is 6.07 Å². The maximum absolute atomic E-state index is 13.1. The molecular weight excluding hydrogens is 309 g/mol. The Balaban J connectivity index is 2.12. The Morgan fingerprint density at radius 1 is 1.33 bits per heavy atom. The Labute approximate surface area is 139 Å². The molecule has 1 amide bonds. The van der Waals surface area contributed by atoms with E-state index in [0.29, 0.717) is 28.9 Å². The zero-order valence-corrected chi connectivity index (χ0v) is 13.8. The van der Waals surface area contributed by atoms with E-state index in [2.05, 4.69) is 10.3 Å². The lowest BCUT2D eigenvalue weighted by Gasteiger charge is -2.12. The van der Waals surface area contributed by atoms with Crippen molar-refractivity contribution < 1.29 is 9.18 Å². The number of aryl methyl sites for hydroxylation is 2. The predicted octanol–water partition coefficient (Wildman–Crippen LogP) is 2.88. The summed E-state index contributed by atoms with van der Waals surface area (Å²) in [5.41, 5.74) is 2.91. The van der Waals surface area contributed by atoms with Gasteiger partial charge >= 0.3 is 0 Å². The van der Waals surface area contributed by atoms with Gasteiger partial charge in [-0.05, 0) is 62.1 Å². The van der Waals surface area contributed by atoms with E-state index < -0.39 is 5.56 Å². The highest BCUT2D eigenvalue weighted by atomic mass is 19.1. The zero-order chi connectivity index (χ0) is 17.9. The van der Waals surface area contributed by atoms with E-state index in [1.165, 1.54) is 18.2 Å². The van der Waals surface area contributed by atoms with Crippen molar-refractivity contribution in [2.75, 3.05) is 5.32 Å². The third-order valence-electron chi connectivity index (χ3n) is 3.98. The molecule has 0 bridgehead atoms. The van der Waals surface area contributed by atoms with E-state index in [4.69, 9.17) is 5.26 Å². The lowest BCUT2D eigenvalue weighted by molar-refractivity contribution is -0.116. The number of nitrogens with one attached hydrogen (secondary N) is 2. The van der Waals surface area contributed by atoms with E-state index in [0.717, 1.165) is 5.56 Å². The van der Waals surface area contributed by atoms with Crippen LogP contribution in [-0.2, 0) is 11.2 Å². The van der Waals surface area contributed by atoms with Gasteiger partial charge < -0.3 is 10.3 Å². The molecule has 2 N–H and O–H groups in total. The van der Waals surface area contributed by atoms with Crippen LogP contribution in [0.2, 0.25) is 0 Å². The Bertz CT molecular complexity index is 894. The average molecular weight is 327 g/mol. The molecule has 6 heteroatoms. The summed E-state index contributed by atoms with van der Waals surface area (Å²) in [5.74, 6) is -0.567. The van der Waals surface area contributed by atoms with Crippen molar-refractivity contribution in [2.45, 2.75) is 33.6 Å². The van der Waals surface area contributed by atoms with E-state index in [-0.39, 0.29) is 23.7 Å². The molecule has 5 nitrogen and oxygen atoms in total. The van der Waals surface area contributed by atoms with Crippen molar-refractivity contribution in [1.82, 2.24) is 4.98 Å². The number of hydrogen-bond acceptors (Lipinski definition) is 3. The number of aromatic amines is 1. The number of nitrogens with zero attached hydrogens (tertiary/aromatic N) is 1. The van der Waals surface area contributed by atoms with Crippen LogP contribution in [0, 0.1) is 37.9 Å². The molecule has 0 radical (unpaired) electrons. The molecule has 1 heterocycles. The fraction of sp³-hybridized carbons (Fsp3) is 0.278. The smallest absolute Gasteiger partial charge is 0.266 e. The standard InChI is InChI=1S/C18H18FN3O2/c1-10-8-13(19)4-6-16(10)22-17(23)7-5-14-11(2)15(9-20)18(24)21-12(14)3/h4,6,8H,5,7H2,1-3H3,(H,21,24)(H,22,23). The minimum absolute atomic E-state index is 0.0744. The maximum atomic E-state index is 13.1. The van der Waals surface area contributed by atoms with Crippen LogP contribution in [0.15, 0.2) is 23.0 Å². The Morgan fingerprint density at radius 3 is 2.67 bits per heavy atom. The van der Waals surface area contributed by atoms with Crippen LogP contribution >= 0.6 is 0 Å². The van der Waals surface area contributed by atoms with Crippen LogP contribution in [0.3, 0.4) is 0 Å². The maximum Gasteiger partial charge on any atom is 0.266 e. The van der Waals surface area contributed by atoms with Crippen LogP contribution in [-0.4, -0.2) is 10.9 Å². The van der Waals surface area contributed by atoms with E-state index in [1.807, 2.05) is 6.07 Å². The van der Waals surface area contributed by atoms with Gasteiger partial charge in [-0.2, -0.15) is 5.26 Å². The molecule has 0 saturated heterocycles. The highest BCUT2D eigenvalue weighted by molar-refractivity contribution is 5.91. The zero-order valence-electron chi connectivity index (χ0n) is 13.8. The van der Waals surface area contributed by atoms with Crippen molar-refractivity contribution in [1.29, 1.82) is 5.26 Å². The molecule has 1 aromatic carbocycles. The molecule has 0 spiro atoms. The van der Waals surface area contributed by atoms with Gasteiger partial charge in [-0.25, -0.2) is 4.39 Å². The molecule has 0 fully saturated rings. The van der Waals surface area contributed by atoms with E-state index >= 15 is 0 Å². The number of carbonyl (C=O) groups is 1. The number of pyridine rings is 1. The number of halogens is 1. The summed E-state index contributed by atoms with van der Waals surface area (Å²) in [6, 6.07) is 6.05. The second kappa shape index (κ2) is 7.09. The monoisotopic (exact) mass is 327 g/mol. The van der Waals surface area contributed by atoms with Crippen LogP contribution in [0.4, 0.5) is 10.1 Å². The van der Waals surface area contributed by atoms with Gasteiger partial charge in [0, 0.05) is 17.8 Å². The number of H-pyrrole nitrogens is 1. The number of amides is 1. The van der Waals surface area contributed by atoms with Gasteiger partial charge in [0.2, 0.25) is 5.91 Å². The normalized spacial score (nSPS) is 10.3. The van der Waals surface area contributed by atoms with Crippen molar-refractivity contribution in [2.24, 2.45) is 0 Å². The molecule has 0 aliphatic carbocycles. The Kier molecular flexibility index (Phi) is 5.14. The fourth-order valence-electron chi connectivity index (χ4n) is 2.64. The first-order chi connectivity index (χ1) is 11.3. The van der Waals surface area contributed by atoms with Crippen molar-refractivity contribution in [3.63, 3.8) is 0 Å². The fourth-order valence-corrected chi connectivity index (χ4v) is 2.64. The number of rotatable bonds is 4. The molecule has 2 rings (SSSR count). The molecular formula is C18H18FN3O2. The molecule has 124 valence electrons. The van der Waals surface area contributed by atoms with E-state index in [9.17, 15) is 14.0 Å². The summed E-state index contributed by atoms with van der Waals surface area (Å²) in [4.78, 5) is 26.5. The third-order valence-corrected chi connectivity index (χ3v) is 3.98. The van der Waals surface area contributed by atoms with Crippen LogP contribution < -0.4 is 10.9 Å². The number of carbonyl (C=O) groups excluding carboxylic acids is 1. The van der Waals surface area contributed by atoms with Crippen LogP contribution in [0.25, 0.3) is 0 Å². The largest absolute Gasteiger partial charge is 0.326 e. The molecule has 2 aromatic rings. The van der Waals surface area contributed by atoms with Gasteiger partial charge in [0.05, 0.1) is 0 Å². The van der Waals surface area contributed by atoms with Crippen LogP contribution in [0.1, 0.15) is 34.4 Å². The molecule has 0 aliphatic rings. The topological polar surface area (TPSA) is 85.8 Å². The second-order valence-electron chi connectivity index (χ2n) is 5.68. The number of anilines is 1. The van der Waals surface area contributed by atoms with Gasteiger partial charge in [0.15, 0.2) is 0 Å². The summed E-state index contributed by atoms with van der Waals surface area (Å²) in [7, 11) is 0. The average Bonchev–Trinajstić information content (AvgIpc) is 2.50. The number of aromatic nitrogens is 1. The highest BCUT2D eigenvalue weighted by Gasteiger charge is 2.13. The quantitative estimate of drug-likeness (QED) is 0.905. The third kappa shape index (κ3) is 3.69. The SMILES string of the molecule is Cc1cc(F)ccc1NC(=O)CCc1c(C)[nH]c(=O)c(C#N)c1C. The Hall–Kier alpha value is -2.94. The minimum Gasteiger partial charge on any atom is -0.326 e. The molecule has 0 unspecified atom stereocenters. The summed E-state index contributed by atoms with van der Waals surface area (Å²) < 4.78 is 13.1. The van der Waals surface area contributed by atoms with Gasteiger partial charge in [-0.1, -0.05) is 0 Å². The van der Waals surface area contributed by atoms with Crippen molar-refractivity contribution in [3.05, 3.63) is 62.3 Å². The number of hydrogen-bond donors (Lipinski definition) is 2. The van der Waals surface area contributed by atoms with Crippen LogP contribution in [0.5, 0.6) is 0 Å². The number of nitriles is 1. The molecule has 0 atom stereocenters. The van der Waals surface area contributed by atoms with Crippen molar-refractivity contribution >= 4 is 11.6 Å². The first kappa shape index (κ1) is 17.4. The van der Waals surface area contributed by atoms with Gasteiger partial charge in [-0.3, -0.25) is 9.59 Å². The first-order valence-electron chi connectivity index (χ1n) is 7.52. The first-order valence-corrected chi connectivity index (χ1v) is 7.52. The second-order valence-corrected chi connectivity index (χ2v) is 5.68. The lowest BCUT2D eigenvalue weighted by Crippen LogP contribution is -2.18.